The normalized spacial score (nSPS) is 24.4. The number of hydrogen-bond acceptors (Lipinski definition) is 2. The minimum atomic E-state index is -0.341. The summed E-state index contributed by atoms with van der Waals surface area (Å²) in [6.07, 6.45) is 3.27. The Balaban J connectivity index is 2.49. The van der Waals surface area contributed by atoms with E-state index < -0.39 is 0 Å². The maximum absolute atomic E-state index is 9.23. The first kappa shape index (κ1) is 12.0. The lowest BCUT2D eigenvalue weighted by molar-refractivity contribution is -0.159. The van der Waals surface area contributed by atoms with E-state index in [0.717, 1.165) is 0 Å². The summed E-state index contributed by atoms with van der Waals surface area (Å²) in [4.78, 5) is 0. The predicted molar refractivity (Wildman–Crippen MR) is 58.2 cm³/mol. The fraction of sp³-hybridized carbons (Fsp3) is 1.00. The molecule has 1 aliphatic rings. The molecule has 0 aromatic carbocycles. The third kappa shape index (κ3) is 2.48. The van der Waals surface area contributed by atoms with Crippen LogP contribution in [0.3, 0.4) is 0 Å². The van der Waals surface area contributed by atoms with Crippen LogP contribution in [0.4, 0.5) is 0 Å². The summed E-state index contributed by atoms with van der Waals surface area (Å²) >= 11 is 0. The summed E-state index contributed by atoms with van der Waals surface area (Å²) < 4.78 is 5.90. The van der Waals surface area contributed by atoms with Crippen molar-refractivity contribution in [3.8, 4) is 0 Å². The molecular formula is C12H24O2. The van der Waals surface area contributed by atoms with E-state index in [-0.39, 0.29) is 11.7 Å². The van der Waals surface area contributed by atoms with E-state index in [1.165, 1.54) is 19.3 Å². The fourth-order valence-electron chi connectivity index (χ4n) is 2.15. The fourth-order valence-corrected chi connectivity index (χ4v) is 2.15. The number of hydrogen-bond donors (Lipinski definition) is 1. The second kappa shape index (κ2) is 4.63. The van der Waals surface area contributed by atoms with Crippen molar-refractivity contribution in [3.05, 3.63) is 0 Å². The number of rotatable bonds is 5. The monoisotopic (exact) mass is 200 g/mol. The largest absolute Gasteiger partial charge is 0.391 e. The SMILES string of the molecule is CC(O)COC1(C(C)C(C)C)CCC1. The minimum Gasteiger partial charge on any atom is -0.391 e. The average molecular weight is 200 g/mol. The molecule has 0 saturated heterocycles. The third-order valence-corrected chi connectivity index (χ3v) is 3.64. The third-order valence-electron chi connectivity index (χ3n) is 3.64. The quantitative estimate of drug-likeness (QED) is 0.739. The van der Waals surface area contributed by atoms with Gasteiger partial charge in [-0.25, -0.2) is 0 Å². The Kier molecular flexibility index (Phi) is 3.96. The van der Waals surface area contributed by atoms with Gasteiger partial charge in [0.1, 0.15) is 0 Å². The molecule has 2 heteroatoms. The van der Waals surface area contributed by atoms with Gasteiger partial charge in [-0.05, 0) is 38.0 Å². The van der Waals surface area contributed by atoms with Crippen LogP contribution in [0.5, 0.6) is 0 Å². The Hall–Kier alpha value is -0.0800. The van der Waals surface area contributed by atoms with Crippen molar-refractivity contribution in [1.82, 2.24) is 0 Å². The number of aliphatic hydroxyl groups excluding tert-OH is 1. The molecule has 0 aromatic rings. The van der Waals surface area contributed by atoms with E-state index in [1.807, 2.05) is 0 Å². The van der Waals surface area contributed by atoms with Crippen LogP contribution in [0.25, 0.3) is 0 Å². The van der Waals surface area contributed by atoms with Crippen LogP contribution in [-0.4, -0.2) is 23.4 Å². The number of ether oxygens (including phenoxy) is 1. The highest BCUT2D eigenvalue weighted by atomic mass is 16.5. The van der Waals surface area contributed by atoms with Crippen LogP contribution in [0, 0.1) is 11.8 Å². The topological polar surface area (TPSA) is 29.5 Å². The molecule has 0 aromatic heterocycles. The summed E-state index contributed by atoms with van der Waals surface area (Å²) in [6, 6.07) is 0. The lowest BCUT2D eigenvalue weighted by atomic mass is 9.68. The number of aliphatic hydroxyl groups is 1. The van der Waals surface area contributed by atoms with Gasteiger partial charge in [-0.2, -0.15) is 0 Å². The van der Waals surface area contributed by atoms with E-state index in [1.54, 1.807) is 6.92 Å². The van der Waals surface area contributed by atoms with E-state index in [0.29, 0.717) is 18.4 Å². The minimum absolute atomic E-state index is 0.0746. The van der Waals surface area contributed by atoms with Crippen molar-refractivity contribution in [3.63, 3.8) is 0 Å². The molecular weight excluding hydrogens is 176 g/mol. The molecule has 0 bridgehead atoms. The van der Waals surface area contributed by atoms with E-state index in [9.17, 15) is 5.11 Å². The first-order valence-corrected chi connectivity index (χ1v) is 5.80. The van der Waals surface area contributed by atoms with Crippen LogP contribution >= 0.6 is 0 Å². The molecule has 0 spiro atoms. The van der Waals surface area contributed by atoms with E-state index >= 15 is 0 Å². The van der Waals surface area contributed by atoms with Gasteiger partial charge in [0.2, 0.25) is 0 Å². The lowest BCUT2D eigenvalue weighted by Crippen LogP contribution is -2.49. The Morgan fingerprint density at radius 3 is 2.07 bits per heavy atom. The van der Waals surface area contributed by atoms with Crippen LogP contribution in [0.1, 0.15) is 47.0 Å². The second-order valence-electron chi connectivity index (χ2n) is 5.11. The van der Waals surface area contributed by atoms with Crippen LogP contribution in [0.2, 0.25) is 0 Å². The molecule has 0 heterocycles. The Morgan fingerprint density at radius 1 is 1.21 bits per heavy atom. The van der Waals surface area contributed by atoms with E-state index in [4.69, 9.17) is 4.74 Å². The first-order chi connectivity index (χ1) is 6.48. The van der Waals surface area contributed by atoms with Crippen LogP contribution in [-0.2, 0) is 4.74 Å². The highest BCUT2D eigenvalue weighted by Crippen LogP contribution is 2.44. The maximum atomic E-state index is 9.23. The van der Waals surface area contributed by atoms with Crippen molar-refractivity contribution in [2.24, 2.45) is 11.8 Å². The van der Waals surface area contributed by atoms with Crippen molar-refractivity contribution >= 4 is 0 Å². The smallest absolute Gasteiger partial charge is 0.0745 e. The van der Waals surface area contributed by atoms with Gasteiger partial charge in [0, 0.05) is 0 Å². The molecule has 84 valence electrons. The Labute approximate surface area is 87.7 Å². The van der Waals surface area contributed by atoms with Gasteiger partial charge in [-0.3, -0.25) is 0 Å². The second-order valence-corrected chi connectivity index (χ2v) is 5.11. The van der Waals surface area contributed by atoms with Gasteiger partial charge in [-0.1, -0.05) is 20.8 Å². The van der Waals surface area contributed by atoms with Gasteiger partial charge in [-0.15, -0.1) is 0 Å². The molecule has 2 atom stereocenters. The molecule has 2 unspecified atom stereocenters. The van der Waals surface area contributed by atoms with Crippen LogP contribution < -0.4 is 0 Å². The lowest BCUT2D eigenvalue weighted by Gasteiger charge is -2.48. The molecule has 1 rings (SSSR count). The average Bonchev–Trinajstić information content (AvgIpc) is 2.01. The van der Waals surface area contributed by atoms with Gasteiger partial charge in [0.15, 0.2) is 0 Å². The van der Waals surface area contributed by atoms with Gasteiger partial charge in [0.25, 0.3) is 0 Å². The van der Waals surface area contributed by atoms with Gasteiger partial charge < -0.3 is 9.84 Å². The summed E-state index contributed by atoms with van der Waals surface area (Å²) in [7, 11) is 0. The zero-order chi connectivity index (χ0) is 10.8. The van der Waals surface area contributed by atoms with Crippen molar-refractivity contribution in [2.45, 2.75) is 58.7 Å². The van der Waals surface area contributed by atoms with Gasteiger partial charge >= 0.3 is 0 Å². The molecule has 1 N–H and O–H groups in total. The van der Waals surface area contributed by atoms with Crippen molar-refractivity contribution in [1.29, 1.82) is 0 Å². The summed E-state index contributed by atoms with van der Waals surface area (Å²) in [5.41, 5.74) is 0.0746. The molecule has 1 fully saturated rings. The molecule has 0 aliphatic heterocycles. The van der Waals surface area contributed by atoms with E-state index in [2.05, 4.69) is 20.8 Å². The van der Waals surface area contributed by atoms with Crippen LogP contribution in [0.15, 0.2) is 0 Å². The summed E-state index contributed by atoms with van der Waals surface area (Å²) in [6.45, 7) is 9.03. The highest BCUT2D eigenvalue weighted by molar-refractivity contribution is 4.95. The standard InChI is InChI=1S/C12H24O2/c1-9(2)11(4)12(6-5-7-12)14-8-10(3)13/h9-11,13H,5-8H2,1-4H3. The van der Waals surface area contributed by atoms with Crippen molar-refractivity contribution < 1.29 is 9.84 Å². The zero-order valence-electron chi connectivity index (χ0n) is 9.92. The molecule has 0 amide bonds. The zero-order valence-corrected chi connectivity index (χ0v) is 9.92. The van der Waals surface area contributed by atoms with Crippen molar-refractivity contribution in [2.75, 3.05) is 6.61 Å². The molecule has 14 heavy (non-hydrogen) atoms. The highest BCUT2D eigenvalue weighted by Gasteiger charge is 2.44. The predicted octanol–water partition coefficient (Wildman–Crippen LogP) is 2.60. The molecule has 1 saturated carbocycles. The molecule has 1 aliphatic carbocycles. The van der Waals surface area contributed by atoms with Gasteiger partial charge in [0.05, 0.1) is 18.3 Å². The Bertz CT molecular complexity index is 171. The molecule has 2 nitrogen and oxygen atoms in total. The maximum Gasteiger partial charge on any atom is 0.0745 e. The summed E-state index contributed by atoms with van der Waals surface area (Å²) in [5, 5.41) is 9.23. The summed E-state index contributed by atoms with van der Waals surface area (Å²) in [5.74, 6) is 1.25. The first-order valence-electron chi connectivity index (χ1n) is 5.80. The Morgan fingerprint density at radius 2 is 1.79 bits per heavy atom. The molecule has 0 radical (unpaired) electrons.